The van der Waals surface area contributed by atoms with Crippen LogP contribution in [0.1, 0.15) is 33.1 Å². The smallest absolute Gasteiger partial charge is 0.191 e. The Morgan fingerprint density at radius 3 is 2.63 bits per heavy atom. The Hall–Kier alpha value is -1.26. The third kappa shape index (κ3) is 10.7. The fourth-order valence-electron chi connectivity index (χ4n) is 3.08. The Labute approximate surface area is 198 Å². The molecule has 0 aromatic heterocycles. The topological polar surface area (TPSA) is 73.3 Å². The van der Waals surface area contributed by atoms with E-state index in [0.29, 0.717) is 12.5 Å². The Balaban J connectivity index is 0.00000450. The average molecular weight is 535 g/mol. The number of para-hydroxylation sites is 2. The van der Waals surface area contributed by atoms with Crippen molar-refractivity contribution in [2.45, 2.75) is 39.2 Å². The number of nitrogens with zero attached hydrogens (tertiary/aromatic N) is 1. The maximum Gasteiger partial charge on any atom is 0.191 e. The summed E-state index contributed by atoms with van der Waals surface area (Å²) >= 11 is 0. The normalized spacial score (nSPS) is 15.8. The minimum atomic E-state index is -0.0652. The number of aliphatic imine (C=N–C) groups is 1. The highest BCUT2D eigenvalue weighted by molar-refractivity contribution is 14.0. The summed E-state index contributed by atoms with van der Waals surface area (Å²) in [5.74, 6) is 2.92. The summed E-state index contributed by atoms with van der Waals surface area (Å²) in [7, 11) is 1.64. The summed E-state index contributed by atoms with van der Waals surface area (Å²) in [4.78, 5) is 4.63. The number of benzene rings is 1. The van der Waals surface area contributed by atoms with E-state index in [9.17, 15) is 0 Å². The molecule has 1 atom stereocenters. The summed E-state index contributed by atoms with van der Waals surface area (Å²) < 4.78 is 22.5. The fraction of sp³-hybridized carbons (Fsp3) is 0.682. The van der Waals surface area contributed by atoms with Crippen LogP contribution in [0.3, 0.4) is 0 Å². The molecule has 2 N–H and O–H groups in total. The first-order valence-electron chi connectivity index (χ1n) is 10.7. The van der Waals surface area contributed by atoms with Crippen LogP contribution in [0.25, 0.3) is 0 Å². The van der Waals surface area contributed by atoms with Crippen molar-refractivity contribution in [3.63, 3.8) is 0 Å². The van der Waals surface area contributed by atoms with Crippen LogP contribution in [-0.4, -0.2) is 65.2 Å². The van der Waals surface area contributed by atoms with Gasteiger partial charge in [0.15, 0.2) is 17.5 Å². The van der Waals surface area contributed by atoms with Crippen molar-refractivity contribution in [3.8, 4) is 11.5 Å². The van der Waals surface area contributed by atoms with E-state index in [-0.39, 0.29) is 30.1 Å². The molecule has 0 amide bonds. The van der Waals surface area contributed by atoms with Crippen molar-refractivity contribution in [1.82, 2.24) is 10.6 Å². The van der Waals surface area contributed by atoms with Crippen molar-refractivity contribution in [1.29, 1.82) is 0 Å². The average Bonchev–Trinajstić information content (AvgIpc) is 2.75. The van der Waals surface area contributed by atoms with Crippen LogP contribution in [0, 0.1) is 5.92 Å². The molecule has 1 aromatic carbocycles. The van der Waals surface area contributed by atoms with E-state index in [4.69, 9.17) is 18.9 Å². The zero-order chi connectivity index (χ0) is 20.7. The summed E-state index contributed by atoms with van der Waals surface area (Å²) in [5, 5.41) is 6.63. The number of halogens is 1. The summed E-state index contributed by atoms with van der Waals surface area (Å²) in [6, 6.07) is 7.66. The quantitative estimate of drug-likeness (QED) is 0.185. The molecule has 2 rings (SSSR count). The van der Waals surface area contributed by atoms with E-state index in [0.717, 1.165) is 76.2 Å². The van der Waals surface area contributed by atoms with Crippen LogP contribution in [0.4, 0.5) is 0 Å². The monoisotopic (exact) mass is 535 g/mol. The molecule has 1 unspecified atom stereocenters. The predicted octanol–water partition coefficient (Wildman–Crippen LogP) is 3.47. The molecule has 0 aliphatic carbocycles. The highest BCUT2D eigenvalue weighted by atomic mass is 127. The molecule has 172 valence electrons. The zero-order valence-electron chi connectivity index (χ0n) is 18.5. The second kappa shape index (κ2) is 16.4. The van der Waals surface area contributed by atoms with Crippen molar-refractivity contribution < 1.29 is 18.9 Å². The molecule has 0 radical (unpaired) electrons. The van der Waals surface area contributed by atoms with Gasteiger partial charge in [-0.2, -0.15) is 0 Å². The SMILES string of the molecule is CCNC(=NCC(C)Oc1ccccc1OC)NCCCOCC1CCOCC1.I. The third-order valence-electron chi connectivity index (χ3n) is 4.70. The van der Waals surface area contributed by atoms with Crippen molar-refractivity contribution in [2.24, 2.45) is 10.9 Å². The molecule has 1 aromatic rings. The first-order valence-corrected chi connectivity index (χ1v) is 10.7. The molecule has 0 bridgehead atoms. The largest absolute Gasteiger partial charge is 0.493 e. The molecule has 7 nitrogen and oxygen atoms in total. The molecule has 1 saturated heterocycles. The molecular formula is C22H38IN3O4. The lowest BCUT2D eigenvalue weighted by Gasteiger charge is -2.21. The lowest BCUT2D eigenvalue weighted by molar-refractivity contribution is 0.0203. The molecule has 1 aliphatic rings. The van der Waals surface area contributed by atoms with Gasteiger partial charge in [-0.3, -0.25) is 0 Å². The zero-order valence-corrected chi connectivity index (χ0v) is 20.9. The van der Waals surface area contributed by atoms with Crippen LogP contribution in [0.15, 0.2) is 29.3 Å². The van der Waals surface area contributed by atoms with Crippen LogP contribution >= 0.6 is 24.0 Å². The Kier molecular flexibility index (Phi) is 14.7. The van der Waals surface area contributed by atoms with E-state index in [1.54, 1.807) is 7.11 Å². The lowest BCUT2D eigenvalue weighted by Crippen LogP contribution is -2.38. The molecule has 1 aliphatic heterocycles. The number of hydrogen-bond donors (Lipinski definition) is 2. The Morgan fingerprint density at radius 2 is 1.93 bits per heavy atom. The van der Waals surface area contributed by atoms with E-state index in [1.165, 1.54) is 0 Å². The van der Waals surface area contributed by atoms with Gasteiger partial charge in [0.1, 0.15) is 6.10 Å². The summed E-state index contributed by atoms with van der Waals surface area (Å²) in [5.41, 5.74) is 0. The van der Waals surface area contributed by atoms with Crippen LogP contribution in [0.2, 0.25) is 0 Å². The molecular weight excluding hydrogens is 497 g/mol. The molecule has 1 heterocycles. The maximum absolute atomic E-state index is 5.96. The molecule has 8 heteroatoms. The number of hydrogen-bond acceptors (Lipinski definition) is 5. The highest BCUT2D eigenvalue weighted by Crippen LogP contribution is 2.26. The van der Waals surface area contributed by atoms with Gasteiger partial charge in [-0.15, -0.1) is 24.0 Å². The predicted molar refractivity (Wildman–Crippen MR) is 131 cm³/mol. The van der Waals surface area contributed by atoms with Crippen molar-refractivity contribution in [3.05, 3.63) is 24.3 Å². The second-order valence-electron chi connectivity index (χ2n) is 7.21. The Bertz CT molecular complexity index is 598. The van der Waals surface area contributed by atoms with Gasteiger partial charge in [0.05, 0.1) is 13.7 Å². The Morgan fingerprint density at radius 1 is 1.20 bits per heavy atom. The van der Waals surface area contributed by atoms with Gasteiger partial charge < -0.3 is 29.6 Å². The number of ether oxygens (including phenoxy) is 4. The highest BCUT2D eigenvalue weighted by Gasteiger charge is 2.13. The van der Waals surface area contributed by atoms with E-state index in [1.807, 2.05) is 31.2 Å². The van der Waals surface area contributed by atoms with Gasteiger partial charge >= 0.3 is 0 Å². The van der Waals surface area contributed by atoms with Crippen molar-refractivity contribution in [2.75, 3.05) is 53.2 Å². The van der Waals surface area contributed by atoms with Crippen LogP contribution in [-0.2, 0) is 9.47 Å². The minimum absolute atomic E-state index is 0. The number of nitrogens with one attached hydrogen (secondary N) is 2. The fourth-order valence-corrected chi connectivity index (χ4v) is 3.08. The first-order chi connectivity index (χ1) is 14.2. The van der Waals surface area contributed by atoms with Gasteiger partial charge in [-0.25, -0.2) is 4.99 Å². The van der Waals surface area contributed by atoms with Gasteiger partial charge in [0.2, 0.25) is 0 Å². The number of methoxy groups -OCH3 is 1. The van der Waals surface area contributed by atoms with E-state index < -0.39 is 0 Å². The van der Waals surface area contributed by atoms with Crippen molar-refractivity contribution >= 4 is 29.9 Å². The standard InChI is InChI=1S/C22H37N3O4.HI/c1-4-23-22(24-12-7-13-28-17-19-10-14-27-15-11-19)25-16-18(2)29-21-9-6-5-8-20(21)26-3;/h5-6,8-9,18-19H,4,7,10-17H2,1-3H3,(H2,23,24,25);1H. The van der Waals surface area contributed by atoms with E-state index >= 15 is 0 Å². The number of rotatable bonds is 12. The van der Waals surface area contributed by atoms with Crippen LogP contribution < -0.4 is 20.1 Å². The molecule has 0 spiro atoms. The van der Waals surface area contributed by atoms with Gasteiger partial charge in [-0.05, 0) is 51.2 Å². The molecule has 0 saturated carbocycles. The summed E-state index contributed by atoms with van der Waals surface area (Å²) in [6.07, 6.45) is 3.11. The first kappa shape index (κ1) is 26.8. The molecule has 30 heavy (non-hydrogen) atoms. The van der Waals surface area contributed by atoms with Crippen LogP contribution in [0.5, 0.6) is 11.5 Å². The molecule has 1 fully saturated rings. The summed E-state index contributed by atoms with van der Waals surface area (Å²) in [6.45, 7) is 9.59. The van der Waals surface area contributed by atoms with Gasteiger partial charge in [0, 0.05) is 39.5 Å². The third-order valence-corrected chi connectivity index (χ3v) is 4.70. The second-order valence-corrected chi connectivity index (χ2v) is 7.21. The van der Waals surface area contributed by atoms with E-state index in [2.05, 4.69) is 22.5 Å². The van der Waals surface area contributed by atoms with Gasteiger partial charge in [0.25, 0.3) is 0 Å². The van der Waals surface area contributed by atoms with Gasteiger partial charge in [-0.1, -0.05) is 12.1 Å². The number of guanidine groups is 1. The minimum Gasteiger partial charge on any atom is -0.493 e. The lowest BCUT2D eigenvalue weighted by atomic mass is 10.0. The maximum atomic E-state index is 5.96.